The van der Waals surface area contributed by atoms with Crippen molar-refractivity contribution in [2.75, 3.05) is 21.9 Å². The lowest BCUT2D eigenvalue weighted by Crippen LogP contribution is -2.25. The smallest absolute Gasteiger partial charge is 0.255 e. The molecule has 1 aliphatic heterocycles. The second-order valence-corrected chi connectivity index (χ2v) is 9.78. The van der Waals surface area contributed by atoms with Crippen molar-refractivity contribution in [2.24, 2.45) is 0 Å². The number of anilines is 2. The summed E-state index contributed by atoms with van der Waals surface area (Å²) >= 11 is 1.58. The van der Waals surface area contributed by atoms with Crippen molar-refractivity contribution < 1.29 is 13.2 Å². The average Bonchev–Trinajstić information content (AvgIpc) is 3.09. The van der Waals surface area contributed by atoms with E-state index in [2.05, 4.69) is 5.32 Å². The molecule has 7 heteroatoms. The zero-order valence-corrected chi connectivity index (χ0v) is 17.2. The second-order valence-electron chi connectivity index (χ2n) is 6.65. The van der Waals surface area contributed by atoms with E-state index in [1.54, 1.807) is 36.0 Å². The maximum Gasteiger partial charge on any atom is 0.255 e. The van der Waals surface area contributed by atoms with Gasteiger partial charge < -0.3 is 5.32 Å². The molecule has 0 radical (unpaired) electrons. The zero-order chi connectivity index (χ0) is 20.3. The Morgan fingerprint density at radius 3 is 2.28 bits per heavy atom. The Balaban J connectivity index is 1.50. The van der Waals surface area contributed by atoms with E-state index < -0.39 is 10.0 Å². The maximum atomic E-state index is 12.7. The summed E-state index contributed by atoms with van der Waals surface area (Å²) in [7, 11) is -3.23. The molecule has 0 aliphatic carbocycles. The Morgan fingerprint density at radius 2 is 1.59 bits per heavy atom. The van der Waals surface area contributed by atoms with E-state index in [1.807, 2.05) is 54.6 Å². The van der Waals surface area contributed by atoms with Crippen molar-refractivity contribution in [2.45, 2.75) is 16.2 Å². The quantitative estimate of drug-likeness (QED) is 0.648. The number of benzene rings is 3. The Hall–Kier alpha value is -2.77. The van der Waals surface area contributed by atoms with Gasteiger partial charge in [0.1, 0.15) is 0 Å². The fourth-order valence-corrected chi connectivity index (χ4v) is 5.66. The van der Waals surface area contributed by atoms with Crippen molar-refractivity contribution >= 4 is 39.1 Å². The van der Waals surface area contributed by atoms with Gasteiger partial charge in [0, 0.05) is 21.9 Å². The van der Waals surface area contributed by atoms with Gasteiger partial charge in [-0.1, -0.05) is 42.1 Å². The van der Waals surface area contributed by atoms with Crippen LogP contribution in [-0.4, -0.2) is 26.6 Å². The summed E-state index contributed by atoms with van der Waals surface area (Å²) in [4.78, 5) is 14.8. The molecule has 1 N–H and O–H groups in total. The van der Waals surface area contributed by atoms with Crippen LogP contribution < -0.4 is 9.62 Å². The van der Waals surface area contributed by atoms with Crippen LogP contribution in [0.4, 0.5) is 11.4 Å². The topological polar surface area (TPSA) is 66.5 Å². The van der Waals surface area contributed by atoms with E-state index in [4.69, 9.17) is 0 Å². The Bertz CT molecular complexity index is 1110. The van der Waals surface area contributed by atoms with Gasteiger partial charge in [-0.2, -0.15) is 0 Å². The van der Waals surface area contributed by atoms with Gasteiger partial charge in [0.15, 0.2) is 0 Å². The maximum absolute atomic E-state index is 12.7. The van der Waals surface area contributed by atoms with Gasteiger partial charge in [0.2, 0.25) is 10.0 Å². The first-order chi connectivity index (χ1) is 14.0. The van der Waals surface area contributed by atoms with Crippen LogP contribution in [-0.2, 0) is 10.0 Å². The van der Waals surface area contributed by atoms with Crippen LogP contribution in [0.25, 0.3) is 0 Å². The molecule has 0 spiro atoms. The van der Waals surface area contributed by atoms with E-state index in [0.29, 0.717) is 24.2 Å². The molecule has 1 fully saturated rings. The number of amides is 1. The van der Waals surface area contributed by atoms with Crippen LogP contribution in [0.1, 0.15) is 16.8 Å². The molecule has 0 bridgehead atoms. The molecule has 5 nitrogen and oxygen atoms in total. The molecule has 29 heavy (non-hydrogen) atoms. The van der Waals surface area contributed by atoms with Crippen LogP contribution in [0.2, 0.25) is 0 Å². The summed E-state index contributed by atoms with van der Waals surface area (Å²) in [6, 6.07) is 24.3. The summed E-state index contributed by atoms with van der Waals surface area (Å²) in [5.74, 6) is -0.0626. The van der Waals surface area contributed by atoms with Crippen molar-refractivity contribution in [3.63, 3.8) is 0 Å². The van der Waals surface area contributed by atoms with Crippen molar-refractivity contribution in [1.29, 1.82) is 0 Å². The second kappa shape index (κ2) is 8.31. The normalized spacial score (nSPS) is 15.2. The molecular weight excluding hydrogens is 404 g/mol. The van der Waals surface area contributed by atoms with Gasteiger partial charge in [0.05, 0.1) is 17.1 Å². The van der Waals surface area contributed by atoms with Crippen LogP contribution >= 0.6 is 11.8 Å². The summed E-state index contributed by atoms with van der Waals surface area (Å²) in [6.45, 7) is 0.484. The van der Waals surface area contributed by atoms with E-state index >= 15 is 0 Å². The molecular formula is C22H20N2O3S2. The molecule has 3 aromatic rings. The van der Waals surface area contributed by atoms with E-state index in [9.17, 15) is 13.2 Å². The lowest BCUT2D eigenvalue weighted by molar-refractivity contribution is 0.102. The van der Waals surface area contributed by atoms with E-state index in [0.717, 1.165) is 15.5 Å². The van der Waals surface area contributed by atoms with Crippen molar-refractivity contribution in [1.82, 2.24) is 0 Å². The monoisotopic (exact) mass is 424 g/mol. The van der Waals surface area contributed by atoms with Crippen LogP contribution in [0, 0.1) is 0 Å². The lowest BCUT2D eigenvalue weighted by Gasteiger charge is -2.17. The summed E-state index contributed by atoms with van der Waals surface area (Å²) in [6.07, 6.45) is 0.625. The summed E-state index contributed by atoms with van der Waals surface area (Å²) in [5.41, 5.74) is 1.81. The third-order valence-corrected chi connectivity index (χ3v) is 7.58. The molecule has 0 unspecified atom stereocenters. The van der Waals surface area contributed by atoms with Crippen LogP contribution in [0.5, 0.6) is 0 Å². The highest BCUT2D eigenvalue weighted by Crippen LogP contribution is 2.33. The molecule has 1 saturated heterocycles. The fraction of sp³-hybridized carbons (Fsp3) is 0.136. The number of sulfonamides is 1. The molecule has 0 aromatic heterocycles. The van der Waals surface area contributed by atoms with Crippen molar-refractivity contribution in [3.8, 4) is 0 Å². The van der Waals surface area contributed by atoms with Crippen molar-refractivity contribution in [3.05, 3.63) is 84.4 Å². The predicted molar refractivity (Wildman–Crippen MR) is 117 cm³/mol. The number of carbonyl (C=O) groups excluding carboxylic acids is 1. The number of nitrogens with zero attached hydrogens (tertiary/aromatic N) is 1. The first-order valence-electron chi connectivity index (χ1n) is 9.27. The molecule has 1 amide bonds. The molecule has 3 aromatic carbocycles. The number of para-hydroxylation sites is 1. The van der Waals surface area contributed by atoms with Gasteiger partial charge in [-0.05, 0) is 55.0 Å². The Labute approximate surface area is 174 Å². The highest BCUT2D eigenvalue weighted by atomic mass is 32.2. The third-order valence-electron chi connectivity index (χ3n) is 4.62. The highest BCUT2D eigenvalue weighted by molar-refractivity contribution is 7.99. The molecule has 0 atom stereocenters. The van der Waals surface area contributed by atoms with E-state index in [-0.39, 0.29) is 11.7 Å². The minimum atomic E-state index is -3.23. The highest BCUT2D eigenvalue weighted by Gasteiger charge is 2.28. The minimum Gasteiger partial charge on any atom is -0.321 e. The van der Waals surface area contributed by atoms with Gasteiger partial charge in [-0.15, -0.1) is 0 Å². The summed E-state index contributed by atoms with van der Waals surface area (Å²) in [5, 5.41) is 2.96. The molecule has 0 saturated carbocycles. The van der Waals surface area contributed by atoms with E-state index in [1.165, 1.54) is 4.31 Å². The van der Waals surface area contributed by atoms with Gasteiger partial charge >= 0.3 is 0 Å². The third kappa shape index (κ3) is 4.46. The Kier molecular flexibility index (Phi) is 5.60. The molecule has 4 rings (SSSR count). The molecule has 1 heterocycles. The van der Waals surface area contributed by atoms with Crippen LogP contribution in [0.3, 0.4) is 0 Å². The number of hydrogen-bond donors (Lipinski definition) is 1. The number of nitrogens with one attached hydrogen (secondary N) is 1. The fourth-order valence-electron chi connectivity index (χ4n) is 3.18. The lowest BCUT2D eigenvalue weighted by atomic mass is 10.2. The van der Waals surface area contributed by atoms with Gasteiger partial charge in [0.25, 0.3) is 5.91 Å². The summed E-state index contributed by atoms with van der Waals surface area (Å²) < 4.78 is 25.5. The average molecular weight is 425 g/mol. The largest absolute Gasteiger partial charge is 0.321 e. The first kappa shape index (κ1) is 19.5. The number of carbonyl (C=O) groups is 1. The standard InChI is InChI=1S/C22H20N2O3S2/c25-22(17-11-13-18(14-12-17)24-15-6-16-29(24,26)27)23-20-9-4-5-10-21(20)28-19-7-2-1-3-8-19/h1-5,7-14H,6,15-16H2,(H,23,25). The minimum absolute atomic E-state index is 0.172. The first-order valence-corrected chi connectivity index (χ1v) is 11.7. The molecule has 148 valence electrons. The zero-order valence-electron chi connectivity index (χ0n) is 15.6. The molecule has 1 aliphatic rings. The number of rotatable bonds is 5. The SMILES string of the molecule is O=C(Nc1ccccc1Sc1ccccc1)c1ccc(N2CCCS2(=O)=O)cc1. The van der Waals surface area contributed by atoms with Gasteiger partial charge in [-0.25, -0.2) is 8.42 Å². The Morgan fingerprint density at radius 1 is 0.897 bits per heavy atom. The number of hydrogen-bond acceptors (Lipinski definition) is 4. The predicted octanol–water partition coefficient (Wildman–Crippen LogP) is 4.63. The van der Waals surface area contributed by atoms with Gasteiger partial charge in [-0.3, -0.25) is 9.10 Å². The van der Waals surface area contributed by atoms with Crippen LogP contribution in [0.15, 0.2) is 88.7 Å².